The number of hydrogen-bond acceptors (Lipinski definition) is 8. The Balaban J connectivity index is 1.56. The van der Waals surface area contributed by atoms with Crippen molar-refractivity contribution in [2.24, 2.45) is 0 Å². The van der Waals surface area contributed by atoms with Crippen LogP contribution in [0.4, 0.5) is 29.2 Å². The first-order valence-electron chi connectivity index (χ1n) is 9.32. The number of morpholine rings is 1. The molecule has 0 aromatic carbocycles. The average Bonchev–Trinajstić information content (AvgIpc) is 3.07. The second-order valence-corrected chi connectivity index (χ2v) is 7.54. The minimum absolute atomic E-state index is 0.0152. The topological polar surface area (TPSA) is 95.5 Å². The molecule has 2 aromatic rings. The summed E-state index contributed by atoms with van der Waals surface area (Å²) in [4.78, 5) is 14.4. The quantitative estimate of drug-likeness (QED) is 0.556. The van der Waals surface area contributed by atoms with Gasteiger partial charge in [0.2, 0.25) is 0 Å². The molecular weight excluding hydrogens is 410 g/mol. The van der Waals surface area contributed by atoms with Crippen LogP contribution in [0, 0.1) is 5.21 Å². The van der Waals surface area contributed by atoms with Crippen molar-refractivity contribution in [1.82, 2.24) is 15.0 Å². The standard InChI is InChI=1S/C18H16F4N5O3/c19-17(20)30-13-1-8(5-23-16(13)26-28)12-3-14(27-6-10-2-9(27)7-29-10)25-15(24-12)11-4-18(11,21)22/h1,3,5,9-11,17H,2,4,6-7H2,(H-,23,26,28)/q-1/t9-,10-,11?/m0/s1. The Bertz CT molecular complexity index is 979. The summed E-state index contributed by atoms with van der Waals surface area (Å²) in [6.45, 7) is -2.06. The van der Waals surface area contributed by atoms with Crippen LogP contribution in [0.15, 0.2) is 18.3 Å². The molecule has 8 nitrogen and oxygen atoms in total. The summed E-state index contributed by atoms with van der Waals surface area (Å²) in [5.41, 5.74) is 1.89. The minimum atomic E-state index is -3.17. The first kappa shape index (κ1) is 19.2. The Morgan fingerprint density at radius 1 is 1.30 bits per heavy atom. The fourth-order valence-corrected chi connectivity index (χ4v) is 3.92. The number of alkyl halides is 4. The molecule has 5 rings (SSSR count). The van der Waals surface area contributed by atoms with Crippen LogP contribution in [0.2, 0.25) is 0 Å². The van der Waals surface area contributed by atoms with Crippen molar-refractivity contribution in [1.29, 1.82) is 0 Å². The molecule has 0 amide bonds. The molecule has 160 valence electrons. The van der Waals surface area contributed by atoms with Crippen molar-refractivity contribution in [3.63, 3.8) is 0 Å². The van der Waals surface area contributed by atoms with E-state index in [-0.39, 0.29) is 35.6 Å². The largest absolute Gasteiger partial charge is 0.760 e. The molecule has 4 heterocycles. The zero-order valence-corrected chi connectivity index (χ0v) is 15.4. The van der Waals surface area contributed by atoms with Gasteiger partial charge in [0.1, 0.15) is 11.6 Å². The molecule has 30 heavy (non-hydrogen) atoms. The zero-order chi connectivity index (χ0) is 21.0. The molecule has 0 spiro atoms. The van der Waals surface area contributed by atoms with Gasteiger partial charge < -0.3 is 25.1 Å². The predicted molar refractivity (Wildman–Crippen MR) is 96.7 cm³/mol. The molecule has 3 atom stereocenters. The third-order valence-electron chi connectivity index (χ3n) is 5.52. The van der Waals surface area contributed by atoms with Gasteiger partial charge in [0.25, 0.3) is 5.92 Å². The van der Waals surface area contributed by atoms with Crippen molar-refractivity contribution in [3.05, 3.63) is 29.4 Å². The number of anilines is 2. The minimum Gasteiger partial charge on any atom is -0.760 e. The SMILES string of the molecule is [O-]Nc1ncc(-c2cc(N3C[C@@H]4C[C@H]3CO4)nc(C3CC3(F)F)n2)cc1OC(F)F. The summed E-state index contributed by atoms with van der Waals surface area (Å²) in [5, 5.41) is 10.9. The van der Waals surface area contributed by atoms with Crippen molar-refractivity contribution in [2.45, 2.75) is 43.4 Å². The number of ether oxygens (including phenoxy) is 2. The highest BCUT2D eigenvalue weighted by Gasteiger charge is 2.59. The van der Waals surface area contributed by atoms with Crippen LogP contribution < -0.4 is 15.1 Å². The first-order valence-corrected chi connectivity index (χ1v) is 9.32. The van der Waals surface area contributed by atoms with Gasteiger partial charge in [0.05, 0.1) is 30.4 Å². The number of nitrogens with zero attached hydrogens (tertiary/aromatic N) is 4. The van der Waals surface area contributed by atoms with Crippen LogP contribution in [0.1, 0.15) is 24.6 Å². The van der Waals surface area contributed by atoms with Crippen LogP contribution in [-0.2, 0) is 4.74 Å². The molecular formula is C18H16F4N5O3-. The highest BCUT2D eigenvalue weighted by molar-refractivity contribution is 5.68. The van der Waals surface area contributed by atoms with E-state index in [0.29, 0.717) is 19.0 Å². The van der Waals surface area contributed by atoms with Crippen LogP contribution in [-0.4, -0.2) is 52.8 Å². The third-order valence-corrected chi connectivity index (χ3v) is 5.52. The fraction of sp³-hybridized carbons (Fsp3) is 0.500. The lowest BCUT2D eigenvalue weighted by Gasteiger charge is -2.28. The number of rotatable bonds is 6. The molecule has 3 aliphatic rings. The Labute approximate surface area is 167 Å². The summed E-state index contributed by atoms with van der Waals surface area (Å²) in [5.74, 6) is -4.41. The predicted octanol–water partition coefficient (Wildman–Crippen LogP) is 3.15. The molecule has 3 fully saturated rings. The van der Waals surface area contributed by atoms with E-state index in [0.717, 1.165) is 6.42 Å². The van der Waals surface area contributed by atoms with E-state index in [4.69, 9.17) is 4.74 Å². The van der Waals surface area contributed by atoms with Gasteiger partial charge in [0.15, 0.2) is 11.6 Å². The second-order valence-electron chi connectivity index (χ2n) is 7.54. The van der Waals surface area contributed by atoms with Crippen LogP contribution in [0.5, 0.6) is 5.75 Å². The normalized spacial score (nSPS) is 26.3. The van der Waals surface area contributed by atoms with Crippen molar-refractivity contribution in [3.8, 4) is 17.0 Å². The van der Waals surface area contributed by atoms with Gasteiger partial charge in [-0.3, -0.25) is 0 Å². The Morgan fingerprint density at radius 3 is 2.70 bits per heavy atom. The summed E-state index contributed by atoms with van der Waals surface area (Å²) >= 11 is 0. The van der Waals surface area contributed by atoms with E-state index in [1.54, 1.807) is 6.07 Å². The highest BCUT2D eigenvalue weighted by atomic mass is 19.3. The van der Waals surface area contributed by atoms with Gasteiger partial charge >= 0.3 is 6.61 Å². The molecule has 1 N–H and O–H groups in total. The van der Waals surface area contributed by atoms with Crippen molar-refractivity contribution >= 4 is 11.6 Å². The van der Waals surface area contributed by atoms with E-state index in [1.807, 2.05) is 4.90 Å². The molecule has 2 aliphatic heterocycles. The Kier molecular flexibility index (Phi) is 4.43. The fourth-order valence-electron chi connectivity index (χ4n) is 3.92. The molecule has 1 saturated carbocycles. The lowest BCUT2D eigenvalue weighted by Crippen LogP contribution is -2.37. The lowest BCUT2D eigenvalue weighted by atomic mass is 10.1. The molecule has 2 bridgehead atoms. The molecule has 1 unspecified atom stereocenters. The van der Waals surface area contributed by atoms with Crippen molar-refractivity contribution < 1.29 is 27.0 Å². The molecule has 1 aliphatic carbocycles. The Morgan fingerprint density at radius 2 is 2.10 bits per heavy atom. The van der Waals surface area contributed by atoms with E-state index < -0.39 is 30.0 Å². The summed E-state index contributed by atoms with van der Waals surface area (Å²) in [6.07, 6.45) is 1.78. The van der Waals surface area contributed by atoms with Gasteiger partial charge in [-0.25, -0.2) is 23.7 Å². The maximum absolute atomic E-state index is 13.7. The van der Waals surface area contributed by atoms with Crippen LogP contribution in [0.25, 0.3) is 11.3 Å². The maximum atomic E-state index is 13.7. The Hall–Kier alpha value is -2.73. The number of fused-ring (bicyclic) bond motifs is 2. The third kappa shape index (κ3) is 3.39. The highest BCUT2D eigenvalue weighted by Crippen LogP contribution is 2.55. The van der Waals surface area contributed by atoms with Crippen molar-refractivity contribution in [2.75, 3.05) is 23.5 Å². The second kappa shape index (κ2) is 6.91. The number of halogens is 4. The van der Waals surface area contributed by atoms with Crippen LogP contribution >= 0.6 is 0 Å². The van der Waals surface area contributed by atoms with Gasteiger partial charge in [0, 0.05) is 30.8 Å². The average molecular weight is 426 g/mol. The summed E-state index contributed by atoms with van der Waals surface area (Å²) < 4.78 is 62.7. The first-order chi connectivity index (χ1) is 14.3. The number of pyridine rings is 1. The smallest absolute Gasteiger partial charge is 0.387 e. The van der Waals surface area contributed by atoms with Crippen LogP contribution in [0.3, 0.4) is 0 Å². The lowest BCUT2D eigenvalue weighted by molar-refractivity contribution is -0.0495. The van der Waals surface area contributed by atoms with E-state index in [9.17, 15) is 22.8 Å². The number of nitrogens with one attached hydrogen (secondary N) is 1. The molecule has 2 saturated heterocycles. The summed E-state index contributed by atoms with van der Waals surface area (Å²) in [7, 11) is 0. The molecule has 0 radical (unpaired) electrons. The number of aromatic nitrogens is 3. The summed E-state index contributed by atoms with van der Waals surface area (Å²) in [6, 6.07) is 2.85. The molecule has 12 heteroatoms. The van der Waals surface area contributed by atoms with E-state index in [1.165, 1.54) is 17.7 Å². The van der Waals surface area contributed by atoms with Gasteiger partial charge in [-0.2, -0.15) is 8.78 Å². The zero-order valence-electron chi connectivity index (χ0n) is 15.4. The number of hydrogen-bond donors (Lipinski definition) is 1. The van der Waals surface area contributed by atoms with Gasteiger partial charge in [-0.05, 0) is 12.5 Å². The maximum Gasteiger partial charge on any atom is 0.387 e. The van der Waals surface area contributed by atoms with E-state index >= 15 is 0 Å². The van der Waals surface area contributed by atoms with Gasteiger partial charge in [-0.1, -0.05) is 0 Å². The monoisotopic (exact) mass is 426 g/mol. The van der Waals surface area contributed by atoms with E-state index in [2.05, 4.69) is 19.7 Å². The van der Waals surface area contributed by atoms with Gasteiger partial charge in [-0.15, -0.1) is 0 Å². The molecule has 2 aromatic heterocycles.